The van der Waals surface area contributed by atoms with Gasteiger partial charge in [0.15, 0.2) is 0 Å². The zero-order chi connectivity index (χ0) is 13.4. The van der Waals surface area contributed by atoms with Crippen molar-refractivity contribution in [3.63, 3.8) is 0 Å². The van der Waals surface area contributed by atoms with Gasteiger partial charge in [-0.2, -0.15) is 0 Å². The van der Waals surface area contributed by atoms with Crippen LogP contribution in [0.1, 0.15) is 46.5 Å². The van der Waals surface area contributed by atoms with E-state index in [1.165, 1.54) is 38.9 Å². The van der Waals surface area contributed by atoms with Crippen molar-refractivity contribution >= 4 is 0 Å². The van der Waals surface area contributed by atoms with E-state index in [1.807, 2.05) is 0 Å². The normalized spacial score (nSPS) is 24.3. The number of hydrogen-bond donors (Lipinski definition) is 2. The number of hydrogen-bond acceptors (Lipinski definition) is 3. The van der Waals surface area contributed by atoms with E-state index in [1.54, 1.807) is 0 Å². The van der Waals surface area contributed by atoms with Crippen LogP contribution in [-0.2, 0) is 0 Å². The standard InChI is InChI=1S/C15H32N2O/c1-4-8-15(3,12-16-5-2)13-17-9-6-14(11-17)7-10-18/h14,16,18H,4-13H2,1-3H3. The van der Waals surface area contributed by atoms with E-state index in [9.17, 15) is 0 Å². The lowest BCUT2D eigenvalue weighted by Gasteiger charge is -2.34. The molecule has 18 heavy (non-hydrogen) atoms. The van der Waals surface area contributed by atoms with E-state index < -0.39 is 0 Å². The summed E-state index contributed by atoms with van der Waals surface area (Å²) < 4.78 is 0. The molecule has 0 radical (unpaired) electrons. The zero-order valence-corrected chi connectivity index (χ0v) is 12.5. The second-order valence-electron chi connectivity index (χ2n) is 6.24. The van der Waals surface area contributed by atoms with Gasteiger partial charge >= 0.3 is 0 Å². The molecule has 2 atom stereocenters. The summed E-state index contributed by atoms with van der Waals surface area (Å²) in [5.74, 6) is 0.722. The van der Waals surface area contributed by atoms with E-state index in [-0.39, 0.29) is 0 Å². The largest absolute Gasteiger partial charge is 0.396 e. The Kier molecular flexibility index (Phi) is 7.20. The molecule has 2 N–H and O–H groups in total. The van der Waals surface area contributed by atoms with Gasteiger partial charge in [0.05, 0.1) is 0 Å². The first kappa shape index (κ1) is 15.9. The second-order valence-corrected chi connectivity index (χ2v) is 6.24. The van der Waals surface area contributed by atoms with Gasteiger partial charge < -0.3 is 15.3 Å². The molecule has 1 saturated heterocycles. The fourth-order valence-electron chi connectivity index (χ4n) is 3.27. The topological polar surface area (TPSA) is 35.5 Å². The minimum atomic E-state index is 0.349. The molecule has 0 saturated carbocycles. The minimum Gasteiger partial charge on any atom is -0.396 e. The highest BCUT2D eigenvalue weighted by molar-refractivity contribution is 4.84. The molecule has 0 aromatic heterocycles. The summed E-state index contributed by atoms with van der Waals surface area (Å²) in [6, 6.07) is 0. The first-order valence-corrected chi connectivity index (χ1v) is 7.67. The van der Waals surface area contributed by atoms with Crippen molar-refractivity contribution in [1.82, 2.24) is 10.2 Å². The van der Waals surface area contributed by atoms with Crippen LogP contribution in [0.25, 0.3) is 0 Å². The Bertz CT molecular complexity index is 223. The second kappa shape index (κ2) is 8.13. The molecule has 3 nitrogen and oxygen atoms in total. The Hall–Kier alpha value is -0.120. The van der Waals surface area contributed by atoms with E-state index >= 15 is 0 Å². The van der Waals surface area contributed by atoms with Gasteiger partial charge in [-0.3, -0.25) is 0 Å². The van der Waals surface area contributed by atoms with Gasteiger partial charge in [0, 0.05) is 26.2 Å². The molecule has 1 fully saturated rings. The van der Waals surface area contributed by atoms with Crippen LogP contribution >= 0.6 is 0 Å². The summed E-state index contributed by atoms with van der Waals surface area (Å²) in [6.45, 7) is 13.0. The Morgan fingerprint density at radius 1 is 1.39 bits per heavy atom. The average Bonchev–Trinajstić information content (AvgIpc) is 2.75. The van der Waals surface area contributed by atoms with E-state index in [2.05, 4.69) is 31.0 Å². The first-order valence-electron chi connectivity index (χ1n) is 7.67. The van der Waals surface area contributed by atoms with Gasteiger partial charge in [-0.1, -0.05) is 27.2 Å². The van der Waals surface area contributed by atoms with Crippen molar-refractivity contribution in [2.45, 2.75) is 46.5 Å². The van der Waals surface area contributed by atoms with E-state index in [0.29, 0.717) is 12.0 Å². The van der Waals surface area contributed by atoms with Crippen LogP contribution in [0, 0.1) is 11.3 Å². The van der Waals surface area contributed by atoms with Gasteiger partial charge in [0.2, 0.25) is 0 Å². The molecule has 2 unspecified atom stereocenters. The highest BCUT2D eigenvalue weighted by Gasteiger charge is 2.30. The molecule has 1 rings (SSSR count). The maximum Gasteiger partial charge on any atom is 0.0434 e. The third-order valence-corrected chi connectivity index (χ3v) is 4.17. The predicted molar refractivity (Wildman–Crippen MR) is 77.8 cm³/mol. The lowest BCUT2D eigenvalue weighted by Crippen LogP contribution is -2.41. The lowest BCUT2D eigenvalue weighted by molar-refractivity contribution is 0.166. The van der Waals surface area contributed by atoms with Crippen LogP contribution in [0.2, 0.25) is 0 Å². The van der Waals surface area contributed by atoms with E-state index in [4.69, 9.17) is 5.11 Å². The molecule has 1 heterocycles. The predicted octanol–water partition coefficient (Wildman–Crippen LogP) is 2.11. The monoisotopic (exact) mass is 256 g/mol. The molecule has 0 bridgehead atoms. The summed E-state index contributed by atoms with van der Waals surface area (Å²) in [5.41, 5.74) is 0.402. The number of likely N-dealkylation sites (tertiary alicyclic amines) is 1. The molecule has 0 amide bonds. The summed E-state index contributed by atoms with van der Waals surface area (Å²) in [7, 11) is 0. The smallest absolute Gasteiger partial charge is 0.0434 e. The number of rotatable bonds is 9. The third-order valence-electron chi connectivity index (χ3n) is 4.17. The Morgan fingerprint density at radius 3 is 2.78 bits per heavy atom. The molecule has 0 spiro atoms. The Balaban J connectivity index is 2.41. The minimum absolute atomic E-state index is 0.349. The number of nitrogens with one attached hydrogen (secondary N) is 1. The van der Waals surface area contributed by atoms with Gasteiger partial charge in [0.25, 0.3) is 0 Å². The number of aliphatic hydroxyl groups is 1. The third kappa shape index (κ3) is 5.25. The molecule has 0 aromatic carbocycles. The summed E-state index contributed by atoms with van der Waals surface area (Å²) >= 11 is 0. The van der Waals surface area contributed by atoms with Crippen molar-refractivity contribution in [3.05, 3.63) is 0 Å². The van der Waals surface area contributed by atoms with Crippen LogP contribution in [0.3, 0.4) is 0 Å². The van der Waals surface area contributed by atoms with Gasteiger partial charge in [-0.15, -0.1) is 0 Å². The molecular weight excluding hydrogens is 224 g/mol. The molecule has 3 heteroatoms. The van der Waals surface area contributed by atoms with Crippen LogP contribution < -0.4 is 5.32 Å². The van der Waals surface area contributed by atoms with Crippen molar-refractivity contribution < 1.29 is 5.11 Å². The average molecular weight is 256 g/mol. The van der Waals surface area contributed by atoms with E-state index in [0.717, 1.165) is 25.4 Å². The molecule has 1 aliphatic rings. The SMILES string of the molecule is CCCC(C)(CNCC)CN1CCC(CCO)C1. The number of aliphatic hydroxyl groups excluding tert-OH is 1. The maximum absolute atomic E-state index is 9.02. The summed E-state index contributed by atoms with van der Waals surface area (Å²) in [6.07, 6.45) is 4.80. The molecule has 108 valence electrons. The van der Waals surface area contributed by atoms with Gasteiger partial charge in [0.1, 0.15) is 0 Å². The molecule has 0 aromatic rings. The zero-order valence-electron chi connectivity index (χ0n) is 12.5. The fourth-order valence-corrected chi connectivity index (χ4v) is 3.27. The lowest BCUT2D eigenvalue weighted by atomic mass is 9.85. The van der Waals surface area contributed by atoms with Crippen LogP contribution in [0.15, 0.2) is 0 Å². The highest BCUT2D eigenvalue weighted by atomic mass is 16.3. The van der Waals surface area contributed by atoms with Crippen LogP contribution in [0.4, 0.5) is 0 Å². The highest BCUT2D eigenvalue weighted by Crippen LogP contribution is 2.28. The molecular formula is C15H32N2O. The summed E-state index contributed by atoms with van der Waals surface area (Å²) in [5, 5.41) is 12.5. The Labute approximate surface area is 113 Å². The van der Waals surface area contributed by atoms with Crippen molar-refractivity contribution in [2.75, 3.05) is 39.3 Å². The van der Waals surface area contributed by atoms with Gasteiger partial charge in [-0.25, -0.2) is 0 Å². The first-order chi connectivity index (χ1) is 8.63. The fraction of sp³-hybridized carbons (Fsp3) is 1.00. The van der Waals surface area contributed by atoms with Gasteiger partial charge in [-0.05, 0) is 43.7 Å². The quantitative estimate of drug-likeness (QED) is 0.663. The van der Waals surface area contributed by atoms with Crippen molar-refractivity contribution in [1.29, 1.82) is 0 Å². The maximum atomic E-state index is 9.02. The molecule has 0 aliphatic carbocycles. The summed E-state index contributed by atoms with van der Waals surface area (Å²) in [4.78, 5) is 2.60. The van der Waals surface area contributed by atoms with Crippen LogP contribution in [-0.4, -0.2) is 49.3 Å². The Morgan fingerprint density at radius 2 is 2.17 bits per heavy atom. The molecule has 1 aliphatic heterocycles. The number of nitrogens with zero attached hydrogens (tertiary/aromatic N) is 1. The van der Waals surface area contributed by atoms with Crippen molar-refractivity contribution in [2.24, 2.45) is 11.3 Å². The van der Waals surface area contributed by atoms with Crippen LogP contribution in [0.5, 0.6) is 0 Å². The van der Waals surface area contributed by atoms with Crippen molar-refractivity contribution in [3.8, 4) is 0 Å².